The van der Waals surface area contributed by atoms with Gasteiger partial charge in [-0.15, -0.1) is 0 Å². The SMILES string of the molecule is C[C@H](NCc1cncn1C1CC1)c1ccccc1Cl. The fourth-order valence-electron chi connectivity index (χ4n) is 2.34. The van der Waals surface area contributed by atoms with Crippen molar-refractivity contribution in [3.05, 3.63) is 53.1 Å². The van der Waals surface area contributed by atoms with Crippen molar-refractivity contribution in [1.82, 2.24) is 14.9 Å². The molecular weight excluding hydrogens is 258 g/mol. The summed E-state index contributed by atoms with van der Waals surface area (Å²) in [6.07, 6.45) is 6.45. The summed E-state index contributed by atoms with van der Waals surface area (Å²) in [4.78, 5) is 4.25. The van der Waals surface area contributed by atoms with E-state index in [2.05, 4.69) is 27.9 Å². The summed E-state index contributed by atoms with van der Waals surface area (Å²) < 4.78 is 2.28. The first-order valence-electron chi connectivity index (χ1n) is 6.74. The van der Waals surface area contributed by atoms with E-state index in [-0.39, 0.29) is 6.04 Å². The van der Waals surface area contributed by atoms with Crippen LogP contribution in [0.4, 0.5) is 0 Å². The van der Waals surface area contributed by atoms with Gasteiger partial charge in [-0.25, -0.2) is 4.98 Å². The van der Waals surface area contributed by atoms with Crippen LogP contribution in [0.5, 0.6) is 0 Å². The third-order valence-electron chi connectivity index (χ3n) is 3.65. The van der Waals surface area contributed by atoms with Gasteiger partial charge in [0.15, 0.2) is 0 Å². The summed E-state index contributed by atoms with van der Waals surface area (Å²) >= 11 is 6.21. The second kappa shape index (κ2) is 5.35. The highest BCUT2D eigenvalue weighted by atomic mass is 35.5. The van der Waals surface area contributed by atoms with Gasteiger partial charge in [-0.05, 0) is 31.4 Å². The fraction of sp³-hybridized carbons (Fsp3) is 0.400. The lowest BCUT2D eigenvalue weighted by molar-refractivity contribution is 0.547. The van der Waals surface area contributed by atoms with Crippen LogP contribution >= 0.6 is 11.6 Å². The van der Waals surface area contributed by atoms with Crippen LogP contribution in [-0.4, -0.2) is 9.55 Å². The smallest absolute Gasteiger partial charge is 0.0951 e. The molecule has 1 saturated carbocycles. The van der Waals surface area contributed by atoms with Gasteiger partial charge in [0.05, 0.1) is 12.0 Å². The third kappa shape index (κ3) is 2.82. The number of imidazole rings is 1. The van der Waals surface area contributed by atoms with Crippen LogP contribution in [0.3, 0.4) is 0 Å². The first-order valence-corrected chi connectivity index (χ1v) is 7.12. The number of aromatic nitrogens is 2. The van der Waals surface area contributed by atoms with Gasteiger partial charge in [0.25, 0.3) is 0 Å². The van der Waals surface area contributed by atoms with Crippen LogP contribution in [0.1, 0.15) is 43.1 Å². The molecule has 1 aliphatic carbocycles. The Hall–Kier alpha value is -1.32. The maximum Gasteiger partial charge on any atom is 0.0951 e. The zero-order chi connectivity index (χ0) is 13.2. The van der Waals surface area contributed by atoms with Crippen molar-refractivity contribution in [3.8, 4) is 0 Å². The molecule has 4 heteroatoms. The molecule has 0 unspecified atom stereocenters. The molecule has 1 N–H and O–H groups in total. The number of hydrogen-bond acceptors (Lipinski definition) is 2. The second-order valence-electron chi connectivity index (χ2n) is 5.15. The van der Waals surface area contributed by atoms with Crippen molar-refractivity contribution < 1.29 is 0 Å². The van der Waals surface area contributed by atoms with E-state index in [1.165, 1.54) is 18.5 Å². The Morgan fingerprint density at radius 3 is 2.95 bits per heavy atom. The quantitative estimate of drug-likeness (QED) is 0.901. The van der Waals surface area contributed by atoms with Gasteiger partial charge in [-0.1, -0.05) is 29.8 Å². The molecule has 1 atom stereocenters. The van der Waals surface area contributed by atoms with Gasteiger partial charge in [0.1, 0.15) is 0 Å². The van der Waals surface area contributed by atoms with Gasteiger partial charge < -0.3 is 9.88 Å². The van der Waals surface area contributed by atoms with Crippen molar-refractivity contribution in [3.63, 3.8) is 0 Å². The first kappa shape index (κ1) is 12.7. The number of benzene rings is 1. The topological polar surface area (TPSA) is 29.9 Å². The van der Waals surface area contributed by atoms with E-state index < -0.39 is 0 Å². The molecule has 1 heterocycles. The zero-order valence-electron chi connectivity index (χ0n) is 11.0. The van der Waals surface area contributed by atoms with E-state index in [1.807, 2.05) is 30.7 Å². The third-order valence-corrected chi connectivity index (χ3v) is 3.99. The summed E-state index contributed by atoms with van der Waals surface area (Å²) in [7, 11) is 0. The molecule has 1 fully saturated rings. The molecule has 0 spiro atoms. The maximum atomic E-state index is 6.21. The molecule has 3 rings (SSSR count). The predicted molar refractivity (Wildman–Crippen MR) is 77.2 cm³/mol. The van der Waals surface area contributed by atoms with Crippen LogP contribution in [0, 0.1) is 0 Å². The molecule has 1 aromatic heterocycles. The van der Waals surface area contributed by atoms with Crippen molar-refractivity contribution in [2.75, 3.05) is 0 Å². The second-order valence-corrected chi connectivity index (χ2v) is 5.55. The highest BCUT2D eigenvalue weighted by molar-refractivity contribution is 6.31. The minimum absolute atomic E-state index is 0.233. The molecule has 0 saturated heterocycles. The van der Waals surface area contributed by atoms with E-state index >= 15 is 0 Å². The highest BCUT2D eigenvalue weighted by Gasteiger charge is 2.25. The Bertz CT molecular complexity index is 560. The fourth-order valence-corrected chi connectivity index (χ4v) is 2.64. The zero-order valence-corrected chi connectivity index (χ0v) is 11.8. The Kier molecular flexibility index (Phi) is 3.58. The largest absolute Gasteiger partial charge is 0.330 e. The molecule has 100 valence electrons. The highest BCUT2D eigenvalue weighted by Crippen LogP contribution is 2.35. The van der Waals surface area contributed by atoms with Crippen molar-refractivity contribution in [2.24, 2.45) is 0 Å². The van der Waals surface area contributed by atoms with E-state index in [4.69, 9.17) is 11.6 Å². The summed E-state index contributed by atoms with van der Waals surface area (Å²) in [5, 5.41) is 4.34. The Morgan fingerprint density at radius 1 is 1.42 bits per heavy atom. The van der Waals surface area contributed by atoms with E-state index in [0.29, 0.717) is 6.04 Å². The summed E-state index contributed by atoms with van der Waals surface area (Å²) in [6.45, 7) is 2.96. The van der Waals surface area contributed by atoms with E-state index in [9.17, 15) is 0 Å². The van der Waals surface area contributed by atoms with Crippen LogP contribution in [0.15, 0.2) is 36.8 Å². The number of halogens is 1. The van der Waals surface area contributed by atoms with Crippen LogP contribution in [0.25, 0.3) is 0 Å². The molecular formula is C15H18ClN3. The van der Waals surface area contributed by atoms with Crippen LogP contribution in [0.2, 0.25) is 5.02 Å². The summed E-state index contributed by atoms with van der Waals surface area (Å²) in [5.74, 6) is 0. The van der Waals surface area contributed by atoms with Gasteiger partial charge in [0, 0.05) is 29.8 Å². The minimum atomic E-state index is 0.233. The summed E-state index contributed by atoms with van der Waals surface area (Å²) in [5.41, 5.74) is 2.39. The van der Waals surface area contributed by atoms with Gasteiger partial charge >= 0.3 is 0 Å². The lowest BCUT2D eigenvalue weighted by atomic mass is 10.1. The molecule has 3 nitrogen and oxygen atoms in total. The molecule has 0 amide bonds. The molecule has 2 aromatic rings. The Morgan fingerprint density at radius 2 is 2.21 bits per heavy atom. The van der Waals surface area contributed by atoms with Crippen LogP contribution in [-0.2, 0) is 6.54 Å². The van der Waals surface area contributed by atoms with Gasteiger partial charge in [0.2, 0.25) is 0 Å². The first-order chi connectivity index (χ1) is 9.25. The van der Waals surface area contributed by atoms with Crippen molar-refractivity contribution >= 4 is 11.6 Å². The number of rotatable bonds is 5. The standard InChI is InChI=1S/C15H18ClN3/c1-11(14-4-2-3-5-15(14)16)18-9-13-8-17-10-19(13)12-6-7-12/h2-5,8,10-12,18H,6-7,9H2,1H3/t11-/m0/s1. The number of nitrogens with zero attached hydrogens (tertiary/aromatic N) is 2. The van der Waals surface area contributed by atoms with Gasteiger partial charge in [-0.2, -0.15) is 0 Å². The van der Waals surface area contributed by atoms with E-state index in [0.717, 1.165) is 17.1 Å². The van der Waals surface area contributed by atoms with Crippen molar-refractivity contribution in [1.29, 1.82) is 0 Å². The molecule has 0 aliphatic heterocycles. The Labute approximate surface area is 118 Å². The maximum absolute atomic E-state index is 6.21. The molecule has 1 aliphatic rings. The molecule has 1 aromatic carbocycles. The number of nitrogens with one attached hydrogen (secondary N) is 1. The molecule has 19 heavy (non-hydrogen) atoms. The van der Waals surface area contributed by atoms with Crippen LogP contribution < -0.4 is 5.32 Å². The Balaban J connectivity index is 1.65. The normalized spacial score (nSPS) is 16.5. The van der Waals surface area contributed by atoms with E-state index in [1.54, 1.807) is 0 Å². The predicted octanol–water partition coefficient (Wildman–Crippen LogP) is 3.72. The monoisotopic (exact) mass is 275 g/mol. The molecule has 0 bridgehead atoms. The van der Waals surface area contributed by atoms with Gasteiger partial charge in [-0.3, -0.25) is 0 Å². The average Bonchev–Trinajstić information content (AvgIpc) is 3.15. The minimum Gasteiger partial charge on any atom is -0.330 e. The number of hydrogen-bond donors (Lipinski definition) is 1. The summed E-state index contributed by atoms with van der Waals surface area (Å²) in [6, 6.07) is 8.89. The lowest BCUT2D eigenvalue weighted by Crippen LogP contribution is -2.20. The lowest BCUT2D eigenvalue weighted by Gasteiger charge is -2.16. The van der Waals surface area contributed by atoms with Crippen molar-refractivity contribution in [2.45, 2.75) is 38.4 Å². The molecule has 0 radical (unpaired) electrons. The average molecular weight is 276 g/mol.